The van der Waals surface area contributed by atoms with E-state index >= 15 is 0 Å². The molecule has 5 N–H and O–H groups in total. The van der Waals surface area contributed by atoms with Gasteiger partial charge in [-0.25, -0.2) is 4.99 Å². The lowest BCUT2D eigenvalue weighted by atomic mass is 9.83. The zero-order valence-electron chi connectivity index (χ0n) is 11.9. The van der Waals surface area contributed by atoms with Gasteiger partial charge in [-0.3, -0.25) is 10.1 Å². The number of carbonyl (C=O) groups is 1. The van der Waals surface area contributed by atoms with Crippen molar-refractivity contribution in [3.8, 4) is 0 Å². The van der Waals surface area contributed by atoms with E-state index in [1.165, 1.54) is 0 Å². The maximum atomic E-state index is 12.1. The lowest BCUT2D eigenvalue weighted by molar-refractivity contribution is -0.130. The largest absolute Gasteiger partial charge is 0.370 e. The zero-order valence-corrected chi connectivity index (χ0v) is 11.9. The Hall–Kier alpha value is -2.08. The van der Waals surface area contributed by atoms with Gasteiger partial charge in [-0.1, -0.05) is 31.0 Å². The van der Waals surface area contributed by atoms with Gasteiger partial charge >= 0.3 is 0 Å². The fourth-order valence-corrected chi connectivity index (χ4v) is 3.04. The predicted molar refractivity (Wildman–Crippen MR) is 82.5 cm³/mol. The van der Waals surface area contributed by atoms with Crippen LogP contribution in [0.4, 0.5) is 5.69 Å². The van der Waals surface area contributed by atoms with Crippen molar-refractivity contribution in [2.75, 3.05) is 5.32 Å². The minimum atomic E-state index is -0.451. The molecule has 1 saturated heterocycles. The van der Waals surface area contributed by atoms with Crippen LogP contribution in [0.2, 0.25) is 0 Å². The second-order valence-corrected chi connectivity index (χ2v) is 5.58. The molecule has 0 spiro atoms. The van der Waals surface area contributed by atoms with Gasteiger partial charge in [-0.15, -0.1) is 0 Å². The third kappa shape index (κ3) is 3.33. The Morgan fingerprint density at radius 1 is 1.24 bits per heavy atom. The molecule has 0 bridgehead atoms. The van der Waals surface area contributed by atoms with Crippen LogP contribution in [0.5, 0.6) is 0 Å². The van der Waals surface area contributed by atoms with E-state index in [2.05, 4.69) is 20.9 Å². The summed E-state index contributed by atoms with van der Waals surface area (Å²) < 4.78 is 0. The molecular weight excluding hydrogens is 266 g/mol. The molecule has 1 amide bonds. The standard InChI is InChI=1S/C15H21N5O/c16-14(17-10-6-2-1-3-7-10)20-15-18-12-9-5-4-8-11(12)13(21)19-15/h1-3,6-7,11-12,15,18H,4-5,8-9H2,(H,19,21)(H3,16,17,20). The highest BCUT2D eigenvalue weighted by Crippen LogP contribution is 2.27. The molecule has 1 aliphatic carbocycles. The fraction of sp³-hybridized carbons (Fsp3) is 0.467. The Kier molecular flexibility index (Phi) is 4.06. The normalized spacial score (nSPS) is 29.4. The highest BCUT2D eigenvalue weighted by Gasteiger charge is 2.37. The first-order chi connectivity index (χ1) is 10.2. The van der Waals surface area contributed by atoms with E-state index in [4.69, 9.17) is 5.73 Å². The molecule has 21 heavy (non-hydrogen) atoms. The highest BCUT2D eigenvalue weighted by molar-refractivity contribution is 5.92. The van der Waals surface area contributed by atoms with Gasteiger partial charge in [0.25, 0.3) is 0 Å². The number of hydrogen-bond acceptors (Lipinski definition) is 3. The number of carbonyl (C=O) groups excluding carboxylic acids is 1. The molecule has 1 aliphatic heterocycles. The number of rotatable bonds is 2. The first kappa shape index (κ1) is 13.9. The summed E-state index contributed by atoms with van der Waals surface area (Å²) in [6, 6.07) is 9.81. The van der Waals surface area contributed by atoms with Crippen molar-refractivity contribution in [1.29, 1.82) is 0 Å². The number of hydrogen-bond donors (Lipinski definition) is 4. The number of benzene rings is 1. The number of nitrogens with two attached hydrogens (primary N) is 1. The molecule has 112 valence electrons. The summed E-state index contributed by atoms with van der Waals surface area (Å²) in [6.07, 6.45) is 3.82. The van der Waals surface area contributed by atoms with Crippen molar-refractivity contribution in [2.24, 2.45) is 16.6 Å². The molecule has 1 aromatic carbocycles. The lowest BCUT2D eigenvalue weighted by Crippen LogP contribution is -2.61. The minimum absolute atomic E-state index is 0.0773. The molecule has 0 radical (unpaired) electrons. The number of fused-ring (bicyclic) bond motifs is 1. The van der Waals surface area contributed by atoms with Crippen LogP contribution in [0.3, 0.4) is 0 Å². The van der Waals surface area contributed by atoms with E-state index in [0.29, 0.717) is 0 Å². The SMILES string of the molecule is N/C(=N\C1NC(=O)C2CCCCC2N1)Nc1ccccc1. The van der Waals surface area contributed by atoms with Crippen molar-refractivity contribution < 1.29 is 4.79 Å². The van der Waals surface area contributed by atoms with Gasteiger partial charge in [-0.2, -0.15) is 0 Å². The summed E-state index contributed by atoms with van der Waals surface area (Å²) in [4.78, 5) is 16.4. The Labute approximate surface area is 124 Å². The molecule has 3 unspecified atom stereocenters. The van der Waals surface area contributed by atoms with Crippen LogP contribution >= 0.6 is 0 Å². The number of anilines is 1. The molecule has 1 saturated carbocycles. The van der Waals surface area contributed by atoms with Crippen molar-refractivity contribution >= 4 is 17.6 Å². The maximum Gasteiger partial charge on any atom is 0.227 e. The van der Waals surface area contributed by atoms with Crippen molar-refractivity contribution in [2.45, 2.75) is 38.0 Å². The number of nitrogens with one attached hydrogen (secondary N) is 3. The number of nitrogens with zero attached hydrogens (tertiary/aromatic N) is 1. The van der Waals surface area contributed by atoms with E-state index in [9.17, 15) is 4.79 Å². The lowest BCUT2D eigenvalue weighted by Gasteiger charge is -2.38. The third-order valence-corrected chi connectivity index (χ3v) is 4.07. The Bertz CT molecular complexity index is 530. The Morgan fingerprint density at radius 2 is 2.00 bits per heavy atom. The molecule has 6 nitrogen and oxygen atoms in total. The monoisotopic (exact) mass is 287 g/mol. The van der Waals surface area contributed by atoms with Crippen LogP contribution in [0, 0.1) is 5.92 Å². The van der Waals surface area contributed by atoms with Gasteiger partial charge in [0.15, 0.2) is 12.2 Å². The summed E-state index contributed by atoms with van der Waals surface area (Å²) in [5.41, 5.74) is 6.77. The fourth-order valence-electron chi connectivity index (χ4n) is 3.04. The van der Waals surface area contributed by atoms with Gasteiger partial charge in [0.05, 0.1) is 5.92 Å². The summed E-state index contributed by atoms with van der Waals surface area (Å²) >= 11 is 0. The smallest absolute Gasteiger partial charge is 0.227 e. The predicted octanol–water partition coefficient (Wildman–Crippen LogP) is 0.975. The molecule has 1 aromatic rings. The Morgan fingerprint density at radius 3 is 2.81 bits per heavy atom. The third-order valence-electron chi connectivity index (χ3n) is 4.07. The molecular formula is C15H21N5O. The van der Waals surface area contributed by atoms with Crippen LogP contribution in [0.25, 0.3) is 0 Å². The second-order valence-electron chi connectivity index (χ2n) is 5.58. The molecule has 3 atom stereocenters. The van der Waals surface area contributed by atoms with E-state index in [-0.39, 0.29) is 23.8 Å². The van der Waals surface area contributed by atoms with E-state index in [1.54, 1.807) is 0 Å². The molecule has 2 aliphatic rings. The first-order valence-electron chi connectivity index (χ1n) is 7.44. The number of aliphatic imine (C=N–C) groups is 1. The van der Waals surface area contributed by atoms with Crippen molar-refractivity contribution in [1.82, 2.24) is 10.6 Å². The van der Waals surface area contributed by atoms with E-state index < -0.39 is 6.29 Å². The summed E-state index contributed by atoms with van der Waals surface area (Å²) in [6.45, 7) is 0. The average Bonchev–Trinajstić information content (AvgIpc) is 2.48. The van der Waals surface area contributed by atoms with Gasteiger partial charge < -0.3 is 16.4 Å². The molecule has 3 rings (SSSR count). The van der Waals surface area contributed by atoms with Gasteiger partial charge in [0.2, 0.25) is 5.91 Å². The molecule has 2 fully saturated rings. The van der Waals surface area contributed by atoms with Crippen molar-refractivity contribution in [3.63, 3.8) is 0 Å². The quantitative estimate of drug-likeness (QED) is 0.482. The van der Waals surface area contributed by atoms with Crippen LogP contribution in [0.15, 0.2) is 35.3 Å². The highest BCUT2D eigenvalue weighted by atomic mass is 16.2. The van der Waals surface area contributed by atoms with Crippen LogP contribution in [-0.2, 0) is 4.79 Å². The Balaban J connectivity index is 1.64. The van der Waals surface area contributed by atoms with Crippen LogP contribution in [0.1, 0.15) is 25.7 Å². The van der Waals surface area contributed by atoms with Gasteiger partial charge in [-0.05, 0) is 25.0 Å². The molecule has 1 heterocycles. The van der Waals surface area contributed by atoms with Crippen molar-refractivity contribution in [3.05, 3.63) is 30.3 Å². The average molecular weight is 287 g/mol. The van der Waals surface area contributed by atoms with Crippen LogP contribution < -0.4 is 21.7 Å². The minimum Gasteiger partial charge on any atom is -0.370 e. The first-order valence-corrected chi connectivity index (χ1v) is 7.44. The summed E-state index contributed by atoms with van der Waals surface area (Å²) in [5, 5.41) is 9.25. The molecule has 6 heteroatoms. The summed E-state index contributed by atoms with van der Waals surface area (Å²) in [5.74, 6) is 0.446. The summed E-state index contributed by atoms with van der Waals surface area (Å²) in [7, 11) is 0. The van der Waals surface area contributed by atoms with E-state index in [1.807, 2.05) is 30.3 Å². The van der Waals surface area contributed by atoms with Crippen LogP contribution in [-0.4, -0.2) is 24.2 Å². The second kappa shape index (κ2) is 6.13. The van der Waals surface area contributed by atoms with Gasteiger partial charge in [0, 0.05) is 11.7 Å². The topological polar surface area (TPSA) is 91.5 Å². The number of guanidine groups is 1. The number of amides is 1. The zero-order chi connectivity index (χ0) is 14.7. The van der Waals surface area contributed by atoms with Gasteiger partial charge in [0.1, 0.15) is 0 Å². The maximum absolute atomic E-state index is 12.1. The molecule has 0 aromatic heterocycles. The van der Waals surface area contributed by atoms with E-state index in [0.717, 1.165) is 31.4 Å². The number of para-hydroxylation sites is 1.